The summed E-state index contributed by atoms with van der Waals surface area (Å²) in [5.74, 6) is 0. The lowest BCUT2D eigenvalue weighted by molar-refractivity contribution is 0.129. The molecule has 2 N–H and O–H groups in total. The Morgan fingerprint density at radius 3 is 2.63 bits per heavy atom. The summed E-state index contributed by atoms with van der Waals surface area (Å²) in [6.45, 7) is 0.278. The predicted octanol–water partition coefficient (Wildman–Crippen LogP) is 2.53. The van der Waals surface area contributed by atoms with Gasteiger partial charge >= 0.3 is 6.09 Å². The summed E-state index contributed by atoms with van der Waals surface area (Å²) < 4.78 is 6.88. The third-order valence-electron chi connectivity index (χ3n) is 4.53. The number of benzene rings is 2. The summed E-state index contributed by atoms with van der Waals surface area (Å²) in [6.07, 6.45) is 2.86. The van der Waals surface area contributed by atoms with E-state index in [2.05, 4.69) is 26.2 Å². The fraction of sp³-hybridized carbons (Fsp3) is 0.263. The Balaban J connectivity index is 1.24. The van der Waals surface area contributed by atoms with Gasteiger partial charge in [-0.25, -0.2) is 4.79 Å². The Kier molecular flexibility index (Phi) is 4.95. The van der Waals surface area contributed by atoms with Gasteiger partial charge in [0.2, 0.25) is 0 Å². The molecule has 0 atom stereocenters. The molecule has 4 rings (SSSR count). The molecule has 0 unspecified atom stereocenters. The first-order valence-electron chi connectivity index (χ1n) is 8.84. The monoisotopic (exact) mass is 364 g/mol. The van der Waals surface area contributed by atoms with Crippen LogP contribution in [0.2, 0.25) is 0 Å². The van der Waals surface area contributed by atoms with Crippen molar-refractivity contribution in [2.75, 3.05) is 5.32 Å². The Morgan fingerprint density at radius 2 is 1.85 bits per heavy atom. The summed E-state index contributed by atoms with van der Waals surface area (Å²) in [6, 6.07) is 17.9. The summed E-state index contributed by atoms with van der Waals surface area (Å²) in [7, 11) is 0. The molecule has 1 heterocycles. The van der Waals surface area contributed by atoms with Crippen LogP contribution in [0.25, 0.3) is 5.69 Å². The maximum Gasteiger partial charge on any atom is 0.407 e. The highest BCUT2D eigenvalue weighted by Gasteiger charge is 2.31. The van der Waals surface area contributed by atoms with Gasteiger partial charge in [-0.3, -0.25) is 0 Å². The summed E-state index contributed by atoms with van der Waals surface area (Å²) in [4.78, 5) is 11.9. The zero-order valence-corrected chi connectivity index (χ0v) is 14.7. The first-order chi connectivity index (χ1) is 13.3. The lowest BCUT2D eigenvalue weighted by Gasteiger charge is -2.36. The second-order valence-corrected chi connectivity index (χ2v) is 6.49. The maximum absolute atomic E-state index is 11.9. The number of rotatable bonds is 6. The molecule has 0 radical (unpaired) electrons. The van der Waals surface area contributed by atoms with E-state index in [0.29, 0.717) is 0 Å². The van der Waals surface area contributed by atoms with Crippen LogP contribution >= 0.6 is 0 Å². The van der Waals surface area contributed by atoms with Crippen LogP contribution in [-0.2, 0) is 11.3 Å². The van der Waals surface area contributed by atoms with E-state index in [0.717, 1.165) is 29.8 Å². The van der Waals surface area contributed by atoms with Gasteiger partial charge in [-0.2, -0.15) is 4.68 Å². The van der Waals surface area contributed by atoms with E-state index in [4.69, 9.17) is 4.74 Å². The molecule has 1 aliphatic rings. The number of hydrogen-bond acceptors (Lipinski definition) is 6. The van der Waals surface area contributed by atoms with E-state index in [1.807, 2.05) is 54.6 Å². The summed E-state index contributed by atoms with van der Waals surface area (Å²) in [5.41, 5.74) is 2.82. The van der Waals surface area contributed by atoms with Crippen LogP contribution in [0.15, 0.2) is 60.9 Å². The molecule has 0 spiro atoms. The van der Waals surface area contributed by atoms with E-state index in [1.54, 1.807) is 11.0 Å². The molecule has 138 valence electrons. The number of para-hydroxylation sites is 2. The second-order valence-electron chi connectivity index (χ2n) is 6.49. The van der Waals surface area contributed by atoms with Gasteiger partial charge in [0, 0.05) is 12.1 Å². The number of amides is 1. The lowest BCUT2D eigenvalue weighted by atomic mass is 9.86. The van der Waals surface area contributed by atoms with Crippen LogP contribution in [0.3, 0.4) is 0 Å². The molecule has 1 aromatic heterocycles. The van der Waals surface area contributed by atoms with Crippen LogP contribution < -0.4 is 10.6 Å². The van der Waals surface area contributed by atoms with Crippen LogP contribution in [-0.4, -0.2) is 38.4 Å². The maximum atomic E-state index is 11.9. The third-order valence-corrected chi connectivity index (χ3v) is 4.53. The average Bonchev–Trinajstić information content (AvgIpc) is 3.20. The number of hydrogen-bond donors (Lipinski definition) is 2. The normalized spacial score (nSPS) is 18.4. The van der Waals surface area contributed by atoms with Crippen LogP contribution in [0, 0.1) is 0 Å². The molecule has 8 heteroatoms. The van der Waals surface area contributed by atoms with E-state index in [9.17, 15) is 4.79 Å². The molecule has 8 nitrogen and oxygen atoms in total. The quantitative estimate of drug-likeness (QED) is 0.698. The van der Waals surface area contributed by atoms with E-state index >= 15 is 0 Å². The van der Waals surface area contributed by atoms with Gasteiger partial charge in [0.15, 0.2) is 0 Å². The Hall–Kier alpha value is -3.42. The molecular weight excluding hydrogens is 344 g/mol. The molecule has 1 aliphatic carbocycles. The van der Waals surface area contributed by atoms with Gasteiger partial charge in [-0.15, -0.1) is 5.10 Å². The Labute approximate surface area is 156 Å². The Morgan fingerprint density at radius 1 is 1.07 bits per heavy atom. The number of aromatic nitrogens is 4. The zero-order valence-electron chi connectivity index (χ0n) is 14.7. The summed E-state index contributed by atoms with van der Waals surface area (Å²) >= 11 is 0. The van der Waals surface area contributed by atoms with E-state index in [1.165, 1.54) is 0 Å². The van der Waals surface area contributed by atoms with Gasteiger partial charge in [0.05, 0.1) is 11.4 Å². The second kappa shape index (κ2) is 7.86. The molecule has 1 fully saturated rings. The fourth-order valence-corrected chi connectivity index (χ4v) is 3.07. The molecule has 1 saturated carbocycles. The standard InChI is InChI=1S/C19H20N6O2/c26-19(27-12-14-6-2-1-3-7-14)22-16-10-15(11-16)21-17-8-4-5-9-18(17)25-13-20-23-24-25/h1-9,13,15-16,21H,10-12H2,(H,22,26). The highest BCUT2D eigenvalue weighted by atomic mass is 16.5. The van der Waals surface area contributed by atoms with E-state index < -0.39 is 0 Å². The van der Waals surface area contributed by atoms with Crippen molar-refractivity contribution >= 4 is 11.8 Å². The molecule has 0 bridgehead atoms. The Bertz CT molecular complexity index is 878. The van der Waals surface area contributed by atoms with Crippen molar-refractivity contribution in [1.29, 1.82) is 0 Å². The van der Waals surface area contributed by atoms with Crippen LogP contribution in [0.5, 0.6) is 0 Å². The number of alkyl carbamates (subject to hydrolysis) is 1. The lowest BCUT2D eigenvalue weighted by Crippen LogP contribution is -2.49. The van der Waals surface area contributed by atoms with Crippen molar-refractivity contribution in [2.45, 2.75) is 31.5 Å². The smallest absolute Gasteiger partial charge is 0.407 e. The number of tetrazole rings is 1. The number of nitrogens with zero attached hydrogens (tertiary/aromatic N) is 4. The molecule has 3 aromatic rings. The number of carbonyl (C=O) groups is 1. The van der Waals surface area contributed by atoms with Crippen molar-refractivity contribution in [3.8, 4) is 5.69 Å². The summed E-state index contributed by atoms with van der Waals surface area (Å²) in [5, 5.41) is 17.7. The van der Waals surface area contributed by atoms with Crippen molar-refractivity contribution in [1.82, 2.24) is 25.5 Å². The largest absolute Gasteiger partial charge is 0.445 e. The van der Waals surface area contributed by atoms with Crippen molar-refractivity contribution in [3.63, 3.8) is 0 Å². The van der Waals surface area contributed by atoms with Crippen molar-refractivity contribution in [2.24, 2.45) is 0 Å². The highest BCUT2D eigenvalue weighted by Crippen LogP contribution is 2.27. The minimum Gasteiger partial charge on any atom is -0.445 e. The molecular formula is C19H20N6O2. The van der Waals surface area contributed by atoms with Gasteiger partial charge in [-0.05, 0) is 41.0 Å². The first kappa shape index (κ1) is 17.0. The first-order valence-corrected chi connectivity index (χ1v) is 8.84. The highest BCUT2D eigenvalue weighted by molar-refractivity contribution is 5.68. The van der Waals surface area contributed by atoms with Crippen LogP contribution in [0.1, 0.15) is 18.4 Å². The van der Waals surface area contributed by atoms with Gasteiger partial charge in [0.25, 0.3) is 0 Å². The number of nitrogens with one attached hydrogen (secondary N) is 2. The van der Waals surface area contributed by atoms with Gasteiger partial charge < -0.3 is 15.4 Å². The topological polar surface area (TPSA) is 94.0 Å². The van der Waals surface area contributed by atoms with Crippen LogP contribution in [0.4, 0.5) is 10.5 Å². The average molecular weight is 364 g/mol. The molecule has 0 aliphatic heterocycles. The predicted molar refractivity (Wildman–Crippen MR) is 99.3 cm³/mol. The minimum atomic E-state index is -0.378. The number of ether oxygens (including phenoxy) is 1. The van der Waals surface area contributed by atoms with Gasteiger partial charge in [-0.1, -0.05) is 42.5 Å². The zero-order chi connectivity index (χ0) is 18.5. The minimum absolute atomic E-state index is 0.117. The fourth-order valence-electron chi connectivity index (χ4n) is 3.07. The molecule has 1 amide bonds. The molecule has 2 aromatic carbocycles. The molecule has 27 heavy (non-hydrogen) atoms. The van der Waals surface area contributed by atoms with Gasteiger partial charge in [0.1, 0.15) is 12.9 Å². The van der Waals surface area contributed by atoms with Crippen molar-refractivity contribution in [3.05, 3.63) is 66.5 Å². The SMILES string of the molecule is O=C(NC1CC(Nc2ccccc2-n2cnnn2)C1)OCc1ccccc1. The molecule has 0 saturated heterocycles. The van der Waals surface area contributed by atoms with Crippen molar-refractivity contribution < 1.29 is 9.53 Å². The number of anilines is 1. The number of carbonyl (C=O) groups excluding carboxylic acids is 1. The third kappa shape index (κ3) is 4.22. The van der Waals surface area contributed by atoms with E-state index in [-0.39, 0.29) is 24.8 Å².